The van der Waals surface area contributed by atoms with Crippen molar-refractivity contribution >= 4 is 39.5 Å². The Bertz CT molecular complexity index is 838. The number of thioether (sulfide) groups is 1. The number of aromatic nitrogens is 3. The SMILES string of the molecule is CCn1c(CNC(=O)c2ccccc2Br)nnc1SCC(=O)N1CCOCC1. The van der Waals surface area contributed by atoms with Crippen LogP contribution in [0.4, 0.5) is 0 Å². The fourth-order valence-corrected chi connectivity index (χ4v) is 4.19. The highest BCUT2D eigenvalue weighted by molar-refractivity contribution is 9.10. The molecule has 3 rings (SSSR count). The van der Waals surface area contributed by atoms with E-state index in [4.69, 9.17) is 4.74 Å². The quantitative estimate of drug-likeness (QED) is 0.625. The van der Waals surface area contributed by atoms with Crippen LogP contribution in [0.15, 0.2) is 33.9 Å². The highest BCUT2D eigenvalue weighted by Gasteiger charge is 2.19. The molecular formula is C18H22BrN5O3S. The van der Waals surface area contributed by atoms with Crippen molar-refractivity contribution in [1.29, 1.82) is 0 Å². The maximum atomic E-state index is 12.4. The van der Waals surface area contributed by atoms with E-state index in [-0.39, 0.29) is 18.4 Å². The molecule has 1 N–H and O–H groups in total. The van der Waals surface area contributed by atoms with Crippen molar-refractivity contribution in [1.82, 2.24) is 25.0 Å². The van der Waals surface area contributed by atoms with Crippen LogP contribution >= 0.6 is 27.7 Å². The summed E-state index contributed by atoms with van der Waals surface area (Å²) < 4.78 is 7.93. The molecule has 1 saturated heterocycles. The van der Waals surface area contributed by atoms with Crippen LogP contribution in [0.1, 0.15) is 23.1 Å². The van der Waals surface area contributed by atoms with Gasteiger partial charge in [-0.25, -0.2) is 0 Å². The van der Waals surface area contributed by atoms with E-state index in [1.54, 1.807) is 6.07 Å². The Morgan fingerprint density at radius 3 is 2.71 bits per heavy atom. The molecule has 8 nitrogen and oxygen atoms in total. The summed E-state index contributed by atoms with van der Waals surface area (Å²) >= 11 is 4.75. The average Bonchev–Trinajstić information content (AvgIpc) is 3.13. The topological polar surface area (TPSA) is 89.3 Å². The molecule has 0 aliphatic carbocycles. The highest BCUT2D eigenvalue weighted by Crippen LogP contribution is 2.19. The van der Waals surface area contributed by atoms with Gasteiger partial charge in [0.15, 0.2) is 11.0 Å². The summed E-state index contributed by atoms with van der Waals surface area (Å²) in [6, 6.07) is 7.25. The first-order valence-corrected chi connectivity index (χ1v) is 10.8. The maximum Gasteiger partial charge on any atom is 0.252 e. The van der Waals surface area contributed by atoms with Crippen molar-refractivity contribution in [3.63, 3.8) is 0 Å². The van der Waals surface area contributed by atoms with Gasteiger partial charge in [-0.2, -0.15) is 0 Å². The third-order valence-corrected chi connectivity index (χ3v) is 5.97. The molecule has 1 aliphatic rings. The zero-order valence-electron chi connectivity index (χ0n) is 15.6. The van der Waals surface area contributed by atoms with Gasteiger partial charge in [-0.05, 0) is 35.0 Å². The molecule has 1 fully saturated rings. The Kier molecular flexibility index (Phi) is 7.46. The van der Waals surface area contributed by atoms with Crippen LogP contribution in [-0.2, 0) is 22.6 Å². The monoisotopic (exact) mass is 467 g/mol. The largest absolute Gasteiger partial charge is 0.378 e. The Balaban J connectivity index is 1.58. The van der Waals surface area contributed by atoms with Gasteiger partial charge in [0.2, 0.25) is 5.91 Å². The lowest BCUT2D eigenvalue weighted by Crippen LogP contribution is -2.41. The van der Waals surface area contributed by atoms with Gasteiger partial charge in [-0.15, -0.1) is 10.2 Å². The smallest absolute Gasteiger partial charge is 0.252 e. The molecular weight excluding hydrogens is 446 g/mol. The van der Waals surface area contributed by atoms with Crippen LogP contribution in [0.25, 0.3) is 0 Å². The number of nitrogens with zero attached hydrogens (tertiary/aromatic N) is 4. The zero-order chi connectivity index (χ0) is 19.9. The van der Waals surface area contributed by atoms with Crippen molar-refractivity contribution in [3.05, 3.63) is 40.1 Å². The van der Waals surface area contributed by atoms with E-state index in [1.807, 2.05) is 34.6 Å². The van der Waals surface area contributed by atoms with Gasteiger partial charge < -0.3 is 19.5 Å². The first kappa shape index (κ1) is 20.8. The number of carbonyl (C=O) groups is 2. The number of morpholine rings is 1. The molecule has 0 atom stereocenters. The Morgan fingerprint density at radius 1 is 1.25 bits per heavy atom. The predicted molar refractivity (Wildman–Crippen MR) is 109 cm³/mol. The summed E-state index contributed by atoms with van der Waals surface area (Å²) in [7, 11) is 0. The fraction of sp³-hybridized carbons (Fsp3) is 0.444. The third-order valence-electron chi connectivity index (χ3n) is 4.32. The van der Waals surface area contributed by atoms with Crippen LogP contribution in [0, 0.1) is 0 Å². The van der Waals surface area contributed by atoms with Crippen molar-refractivity contribution in [2.45, 2.75) is 25.2 Å². The van der Waals surface area contributed by atoms with Crippen LogP contribution in [-0.4, -0.2) is 63.5 Å². The van der Waals surface area contributed by atoms with Crippen LogP contribution in [0.3, 0.4) is 0 Å². The molecule has 2 aromatic rings. The van der Waals surface area contributed by atoms with Gasteiger partial charge in [0.1, 0.15) is 0 Å². The highest BCUT2D eigenvalue weighted by atomic mass is 79.9. The van der Waals surface area contributed by atoms with Crippen molar-refractivity contribution in [2.75, 3.05) is 32.1 Å². The number of ether oxygens (including phenoxy) is 1. The van der Waals surface area contributed by atoms with Crippen LogP contribution in [0.5, 0.6) is 0 Å². The molecule has 0 spiro atoms. The molecule has 0 radical (unpaired) electrons. The van der Waals surface area contributed by atoms with Crippen molar-refractivity contribution in [3.8, 4) is 0 Å². The molecule has 0 bridgehead atoms. The second-order valence-corrected chi connectivity index (χ2v) is 7.88. The van der Waals surface area contributed by atoms with E-state index < -0.39 is 0 Å². The first-order chi connectivity index (χ1) is 13.6. The summed E-state index contributed by atoms with van der Waals surface area (Å²) in [4.78, 5) is 26.5. The van der Waals surface area contributed by atoms with Gasteiger partial charge in [-0.3, -0.25) is 9.59 Å². The summed E-state index contributed by atoms with van der Waals surface area (Å²) in [6.07, 6.45) is 0. The van der Waals surface area contributed by atoms with E-state index in [0.29, 0.717) is 55.1 Å². The van der Waals surface area contributed by atoms with Crippen LogP contribution in [0.2, 0.25) is 0 Å². The molecule has 2 heterocycles. The van der Waals surface area contributed by atoms with E-state index in [2.05, 4.69) is 31.4 Å². The molecule has 0 saturated carbocycles. The third kappa shape index (κ3) is 5.12. The van der Waals surface area contributed by atoms with Crippen molar-refractivity contribution in [2.24, 2.45) is 0 Å². The molecule has 1 aromatic carbocycles. The van der Waals surface area contributed by atoms with Gasteiger partial charge in [0.05, 0.1) is 31.1 Å². The molecule has 0 unspecified atom stereocenters. The van der Waals surface area contributed by atoms with E-state index in [1.165, 1.54) is 11.8 Å². The maximum absolute atomic E-state index is 12.4. The number of hydrogen-bond acceptors (Lipinski definition) is 6. The Morgan fingerprint density at radius 2 is 2.00 bits per heavy atom. The van der Waals surface area contributed by atoms with E-state index in [9.17, 15) is 9.59 Å². The molecule has 1 aliphatic heterocycles. The summed E-state index contributed by atoms with van der Waals surface area (Å²) in [5.74, 6) is 0.850. The Hall–Kier alpha value is -1.91. The average molecular weight is 468 g/mol. The lowest BCUT2D eigenvalue weighted by Gasteiger charge is -2.26. The number of carbonyl (C=O) groups excluding carboxylic acids is 2. The number of benzene rings is 1. The molecule has 28 heavy (non-hydrogen) atoms. The number of hydrogen-bond donors (Lipinski definition) is 1. The molecule has 150 valence electrons. The molecule has 2 amide bonds. The molecule has 1 aromatic heterocycles. The number of rotatable bonds is 7. The first-order valence-electron chi connectivity index (χ1n) is 9.03. The molecule has 10 heteroatoms. The zero-order valence-corrected chi connectivity index (χ0v) is 18.0. The minimum Gasteiger partial charge on any atom is -0.378 e. The second kappa shape index (κ2) is 10.0. The van der Waals surface area contributed by atoms with E-state index >= 15 is 0 Å². The van der Waals surface area contributed by atoms with Gasteiger partial charge in [0, 0.05) is 24.1 Å². The minimum absolute atomic E-state index is 0.0720. The standard InChI is InChI=1S/C18H22BrN5O3S/c1-2-24-15(11-20-17(26)13-5-3-4-6-14(13)19)21-22-18(24)28-12-16(25)23-7-9-27-10-8-23/h3-6H,2,7-12H2,1H3,(H,20,26). The number of amides is 2. The van der Waals surface area contributed by atoms with Gasteiger partial charge in [-0.1, -0.05) is 23.9 Å². The Labute approximate surface area is 176 Å². The van der Waals surface area contributed by atoms with E-state index in [0.717, 1.165) is 4.47 Å². The summed E-state index contributed by atoms with van der Waals surface area (Å²) in [5, 5.41) is 11.9. The fourth-order valence-electron chi connectivity index (χ4n) is 2.80. The lowest BCUT2D eigenvalue weighted by molar-refractivity contribution is -0.132. The predicted octanol–water partition coefficient (Wildman–Crippen LogP) is 1.94. The summed E-state index contributed by atoms with van der Waals surface area (Å²) in [5.41, 5.74) is 0.566. The lowest BCUT2D eigenvalue weighted by atomic mass is 10.2. The minimum atomic E-state index is -0.185. The number of halogens is 1. The summed E-state index contributed by atoms with van der Waals surface area (Å²) in [6.45, 7) is 5.33. The number of nitrogens with one attached hydrogen (secondary N) is 1. The van der Waals surface area contributed by atoms with Gasteiger partial charge in [0.25, 0.3) is 5.91 Å². The second-order valence-electron chi connectivity index (χ2n) is 6.09. The van der Waals surface area contributed by atoms with Crippen molar-refractivity contribution < 1.29 is 14.3 Å². The van der Waals surface area contributed by atoms with Crippen LogP contribution < -0.4 is 5.32 Å². The normalized spacial score (nSPS) is 14.1. The van der Waals surface area contributed by atoms with Gasteiger partial charge >= 0.3 is 0 Å².